The highest BCUT2D eigenvalue weighted by Crippen LogP contribution is 2.26. The summed E-state index contributed by atoms with van der Waals surface area (Å²) >= 11 is 5.84. The minimum Gasteiger partial charge on any atom is -0.314 e. The van der Waals surface area contributed by atoms with Crippen molar-refractivity contribution in [2.75, 3.05) is 32.7 Å². The minimum absolute atomic E-state index is 0.151. The van der Waals surface area contributed by atoms with E-state index in [0.717, 1.165) is 12.1 Å². The van der Waals surface area contributed by atoms with E-state index in [1.165, 1.54) is 11.0 Å². The summed E-state index contributed by atoms with van der Waals surface area (Å²) in [5.74, 6) is 0. The van der Waals surface area contributed by atoms with E-state index in [2.05, 4.69) is 5.32 Å². The second kappa shape index (κ2) is 7.88. The lowest BCUT2D eigenvalue weighted by Crippen LogP contribution is -2.57. The molecule has 1 aromatic rings. The molecule has 0 radical (unpaired) electrons. The zero-order chi connectivity index (χ0) is 18.7. The molecule has 1 aromatic carbocycles. The first-order valence-corrected chi connectivity index (χ1v) is 9.22. The van der Waals surface area contributed by atoms with E-state index in [1.54, 1.807) is 6.07 Å². The van der Waals surface area contributed by atoms with Crippen LogP contribution in [0.4, 0.5) is 13.2 Å². The van der Waals surface area contributed by atoms with Gasteiger partial charge in [0.2, 0.25) is 10.0 Å². The van der Waals surface area contributed by atoms with Crippen molar-refractivity contribution in [2.24, 2.45) is 0 Å². The molecule has 0 aliphatic carbocycles. The Labute approximate surface area is 148 Å². The first-order valence-electron chi connectivity index (χ1n) is 7.36. The maximum atomic E-state index is 13.3. The van der Waals surface area contributed by atoms with E-state index >= 15 is 0 Å². The molecule has 11 heteroatoms. The van der Waals surface area contributed by atoms with Gasteiger partial charge in [-0.05, 0) is 18.2 Å². The van der Waals surface area contributed by atoms with Crippen molar-refractivity contribution in [1.29, 1.82) is 5.26 Å². The number of nitrogens with zero attached hydrogens (tertiary/aromatic N) is 2. The van der Waals surface area contributed by atoms with Crippen LogP contribution in [0.1, 0.15) is 5.56 Å². The number of hydrogen-bond acceptors (Lipinski definition) is 5. The van der Waals surface area contributed by atoms with Gasteiger partial charge in [0, 0.05) is 32.7 Å². The number of halogens is 4. The first-order chi connectivity index (χ1) is 11.6. The van der Waals surface area contributed by atoms with Crippen LogP contribution in [0.3, 0.4) is 0 Å². The minimum atomic E-state index is -4.58. The van der Waals surface area contributed by atoms with Gasteiger partial charge in [-0.1, -0.05) is 11.6 Å². The Morgan fingerprint density at radius 1 is 1.36 bits per heavy atom. The van der Waals surface area contributed by atoms with Crippen LogP contribution in [0.15, 0.2) is 23.1 Å². The number of benzene rings is 1. The largest absolute Gasteiger partial charge is 0.405 e. The summed E-state index contributed by atoms with van der Waals surface area (Å²) in [6.45, 7) is 0.330. The fraction of sp³-hybridized carbons (Fsp3) is 0.500. The summed E-state index contributed by atoms with van der Waals surface area (Å²) in [7, 11) is -4.24. The quantitative estimate of drug-likeness (QED) is 0.784. The molecular weight excluding hydrogens is 381 g/mol. The number of alkyl halides is 3. The third kappa shape index (κ3) is 5.05. The Hall–Kier alpha value is -1.38. The summed E-state index contributed by atoms with van der Waals surface area (Å²) in [6, 6.07) is 3.34. The summed E-state index contributed by atoms with van der Waals surface area (Å²) in [4.78, 5) is 0.828. The Kier molecular flexibility index (Phi) is 6.29. The monoisotopic (exact) mass is 396 g/mol. The van der Waals surface area contributed by atoms with Crippen LogP contribution in [0.25, 0.3) is 0 Å². The van der Waals surface area contributed by atoms with Crippen molar-refractivity contribution in [3.63, 3.8) is 0 Å². The lowest BCUT2D eigenvalue weighted by Gasteiger charge is -2.35. The van der Waals surface area contributed by atoms with E-state index in [4.69, 9.17) is 16.9 Å². The van der Waals surface area contributed by atoms with E-state index in [1.807, 2.05) is 4.72 Å². The van der Waals surface area contributed by atoms with Gasteiger partial charge in [-0.25, -0.2) is 13.1 Å². The third-order valence-electron chi connectivity index (χ3n) is 3.79. The first kappa shape index (κ1) is 19.9. The normalized spacial score (nSPS) is 17.9. The number of nitriles is 1. The van der Waals surface area contributed by atoms with Crippen molar-refractivity contribution in [2.45, 2.75) is 17.1 Å². The van der Waals surface area contributed by atoms with Crippen molar-refractivity contribution in [1.82, 2.24) is 14.9 Å². The maximum absolute atomic E-state index is 13.3. The summed E-state index contributed by atoms with van der Waals surface area (Å²) < 4.78 is 66.5. The average molecular weight is 397 g/mol. The predicted octanol–water partition coefficient (Wildman–Crippen LogP) is 1.33. The number of hydrogen-bond donors (Lipinski definition) is 2. The Bertz CT molecular complexity index is 758. The molecule has 0 saturated carbocycles. The van der Waals surface area contributed by atoms with Gasteiger partial charge in [0.05, 0.1) is 16.7 Å². The van der Waals surface area contributed by atoms with Crippen molar-refractivity contribution in [3.8, 4) is 6.07 Å². The lowest BCUT2D eigenvalue weighted by molar-refractivity contribution is -0.182. The molecule has 0 aromatic heterocycles. The molecule has 2 N–H and O–H groups in total. The van der Waals surface area contributed by atoms with Crippen LogP contribution in [-0.4, -0.2) is 58.3 Å². The van der Waals surface area contributed by atoms with E-state index < -0.39 is 28.8 Å². The summed E-state index contributed by atoms with van der Waals surface area (Å²) in [6.07, 6.45) is -4.58. The average Bonchev–Trinajstić information content (AvgIpc) is 2.54. The molecule has 1 atom stereocenters. The van der Waals surface area contributed by atoms with Crippen LogP contribution in [0.5, 0.6) is 0 Å². The second-order valence-corrected chi connectivity index (χ2v) is 7.59. The molecule has 25 heavy (non-hydrogen) atoms. The van der Waals surface area contributed by atoms with Gasteiger partial charge >= 0.3 is 6.18 Å². The molecule has 1 heterocycles. The Balaban J connectivity index is 2.17. The molecule has 2 rings (SSSR count). The Morgan fingerprint density at radius 3 is 2.52 bits per heavy atom. The van der Waals surface area contributed by atoms with Gasteiger partial charge in [-0.3, -0.25) is 4.90 Å². The zero-order valence-corrected chi connectivity index (χ0v) is 14.5. The van der Waals surface area contributed by atoms with Crippen LogP contribution in [-0.2, 0) is 10.0 Å². The number of nitrogens with one attached hydrogen (secondary N) is 2. The SMILES string of the molecule is N#Cc1ccc(S(=O)(=O)NC[C@H](N2CCNCC2)C(F)(F)F)c(Cl)c1. The molecule has 0 bridgehead atoms. The summed E-state index contributed by atoms with van der Waals surface area (Å²) in [5.41, 5.74) is 0.151. The van der Waals surface area contributed by atoms with Gasteiger partial charge in [0.1, 0.15) is 10.9 Å². The van der Waals surface area contributed by atoms with Crippen molar-refractivity contribution >= 4 is 21.6 Å². The molecule has 138 valence electrons. The van der Waals surface area contributed by atoms with Crippen LogP contribution in [0.2, 0.25) is 5.02 Å². The van der Waals surface area contributed by atoms with Crippen molar-refractivity contribution in [3.05, 3.63) is 28.8 Å². The van der Waals surface area contributed by atoms with Gasteiger partial charge < -0.3 is 5.32 Å². The molecule has 0 amide bonds. The van der Waals surface area contributed by atoms with Gasteiger partial charge in [0.15, 0.2) is 0 Å². The van der Waals surface area contributed by atoms with Gasteiger partial charge in [0.25, 0.3) is 0 Å². The highest BCUT2D eigenvalue weighted by atomic mass is 35.5. The van der Waals surface area contributed by atoms with Crippen LogP contribution >= 0.6 is 11.6 Å². The molecule has 1 saturated heterocycles. The van der Waals surface area contributed by atoms with E-state index in [-0.39, 0.29) is 28.6 Å². The molecule has 1 fully saturated rings. The van der Waals surface area contributed by atoms with Gasteiger partial charge in [-0.2, -0.15) is 18.4 Å². The Morgan fingerprint density at radius 2 is 2.00 bits per heavy atom. The maximum Gasteiger partial charge on any atom is 0.405 e. The van der Waals surface area contributed by atoms with Crippen LogP contribution in [0, 0.1) is 11.3 Å². The molecular formula is C14H16ClF3N4O2S. The topological polar surface area (TPSA) is 85.2 Å². The fourth-order valence-electron chi connectivity index (χ4n) is 2.50. The molecule has 0 spiro atoms. The highest BCUT2D eigenvalue weighted by molar-refractivity contribution is 7.89. The molecule has 1 aliphatic heterocycles. The second-order valence-electron chi connectivity index (χ2n) is 5.45. The zero-order valence-electron chi connectivity index (χ0n) is 13.0. The van der Waals surface area contributed by atoms with Gasteiger partial charge in [-0.15, -0.1) is 0 Å². The number of sulfonamides is 1. The third-order valence-corrected chi connectivity index (χ3v) is 5.69. The molecule has 6 nitrogen and oxygen atoms in total. The summed E-state index contributed by atoms with van der Waals surface area (Å²) in [5, 5.41) is 11.5. The standard InChI is InChI=1S/C14H16ClF3N4O2S/c15-11-7-10(8-19)1-2-12(11)25(23,24)21-9-13(14(16,17)18)22-5-3-20-4-6-22/h1-2,7,13,20-21H,3-6,9H2/t13-/m0/s1. The molecule has 0 unspecified atom stereocenters. The predicted molar refractivity (Wildman–Crippen MR) is 85.6 cm³/mol. The van der Waals surface area contributed by atoms with E-state index in [0.29, 0.717) is 13.1 Å². The number of rotatable bonds is 5. The number of piperazine rings is 1. The lowest BCUT2D eigenvalue weighted by atomic mass is 10.2. The van der Waals surface area contributed by atoms with Crippen molar-refractivity contribution < 1.29 is 21.6 Å². The highest BCUT2D eigenvalue weighted by Gasteiger charge is 2.44. The smallest absolute Gasteiger partial charge is 0.314 e. The van der Waals surface area contributed by atoms with E-state index in [9.17, 15) is 21.6 Å². The fourth-order valence-corrected chi connectivity index (χ4v) is 4.08. The molecule has 1 aliphatic rings. The van der Waals surface area contributed by atoms with Crippen LogP contribution < -0.4 is 10.0 Å².